The van der Waals surface area contributed by atoms with E-state index >= 15 is 0 Å². The van der Waals surface area contributed by atoms with Gasteiger partial charge in [0.05, 0.1) is 30.0 Å². The SMILES string of the molecule is CC(=O)N[C@@H](CCCCN)C(=O)N1CCC2(CC1)C[C@](C)(O)[C@@H](n1cc(F)c(=O)[nH]c1=O)CO2. The van der Waals surface area contributed by atoms with Gasteiger partial charge in [-0.15, -0.1) is 0 Å². The van der Waals surface area contributed by atoms with E-state index in [1.807, 2.05) is 4.98 Å². The average Bonchev–Trinajstić information content (AvgIpc) is 2.75. The van der Waals surface area contributed by atoms with Crippen LogP contribution in [0.15, 0.2) is 15.8 Å². The summed E-state index contributed by atoms with van der Waals surface area (Å²) in [6, 6.07) is -1.50. The van der Waals surface area contributed by atoms with Crippen molar-refractivity contribution in [2.45, 2.75) is 75.7 Å². The van der Waals surface area contributed by atoms with Crippen molar-refractivity contribution >= 4 is 11.8 Å². The number of aliphatic hydroxyl groups is 1. The molecule has 2 amide bonds. The van der Waals surface area contributed by atoms with Crippen LogP contribution in [0.1, 0.15) is 58.4 Å². The van der Waals surface area contributed by atoms with Crippen LogP contribution in [0.5, 0.6) is 0 Å². The number of rotatable bonds is 7. The van der Waals surface area contributed by atoms with Gasteiger partial charge in [0.2, 0.25) is 17.6 Å². The average molecular weight is 484 g/mol. The Morgan fingerprint density at radius 2 is 2.03 bits per heavy atom. The number of nitrogens with two attached hydrogens (primary N) is 1. The second-order valence-corrected chi connectivity index (χ2v) is 9.55. The van der Waals surface area contributed by atoms with Crippen molar-refractivity contribution in [1.82, 2.24) is 19.8 Å². The summed E-state index contributed by atoms with van der Waals surface area (Å²) in [5.41, 5.74) is 1.47. The largest absolute Gasteiger partial charge is 0.388 e. The molecule has 11 nitrogen and oxygen atoms in total. The van der Waals surface area contributed by atoms with Gasteiger partial charge in [-0.25, -0.2) is 4.79 Å². The summed E-state index contributed by atoms with van der Waals surface area (Å²) in [7, 11) is 0. The predicted octanol–water partition coefficient (Wildman–Crippen LogP) is -0.617. The fourth-order valence-corrected chi connectivity index (χ4v) is 5.00. The van der Waals surface area contributed by atoms with Gasteiger partial charge in [-0.1, -0.05) is 0 Å². The fourth-order valence-electron chi connectivity index (χ4n) is 5.00. The quantitative estimate of drug-likeness (QED) is 0.376. The number of unbranched alkanes of at least 4 members (excludes halogenated alkanes) is 1. The normalized spacial score (nSPS) is 25.2. The van der Waals surface area contributed by atoms with Crippen LogP contribution in [0.2, 0.25) is 0 Å². The minimum Gasteiger partial charge on any atom is -0.388 e. The van der Waals surface area contributed by atoms with Crippen molar-refractivity contribution in [1.29, 1.82) is 0 Å². The molecule has 190 valence electrons. The number of hydrogen-bond donors (Lipinski definition) is 4. The number of nitrogens with one attached hydrogen (secondary N) is 2. The molecule has 1 spiro atoms. The summed E-state index contributed by atoms with van der Waals surface area (Å²) in [6.45, 7) is 4.17. The summed E-state index contributed by atoms with van der Waals surface area (Å²) in [6.07, 6.45) is 3.88. The van der Waals surface area contributed by atoms with Crippen LogP contribution in [0.4, 0.5) is 4.39 Å². The zero-order valence-corrected chi connectivity index (χ0v) is 19.6. The maximum atomic E-state index is 13.8. The summed E-state index contributed by atoms with van der Waals surface area (Å²) >= 11 is 0. The van der Waals surface area contributed by atoms with Gasteiger partial charge < -0.3 is 25.8 Å². The third-order valence-electron chi connectivity index (χ3n) is 6.81. The first-order valence-corrected chi connectivity index (χ1v) is 11.6. The van der Waals surface area contributed by atoms with Crippen molar-refractivity contribution in [3.05, 3.63) is 32.9 Å². The number of carbonyl (C=O) groups excluding carboxylic acids is 2. The minimum absolute atomic E-state index is 0.0556. The zero-order chi connectivity index (χ0) is 25.1. The Bertz CT molecular complexity index is 1010. The van der Waals surface area contributed by atoms with E-state index in [2.05, 4.69) is 5.32 Å². The topological polar surface area (TPSA) is 160 Å². The number of H-pyrrole nitrogens is 1. The van der Waals surface area contributed by atoms with Crippen LogP contribution in [0, 0.1) is 5.82 Å². The van der Waals surface area contributed by atoms with Gasteiger partial charge in [0, 0.05) is 26.4 Å². The Balaban J connectivity index is 1.67. The Kier molecular flexibility index (Phi) is 7.94. The number of carbonyl (C=O) groups is 2. The summed E-state index contributed by atoms with van der Waals surface area (Å²) in [4.78, 5) is 51.8. The van der Waals surface area contributed by atoms with Gasteiger partial charge in [-0.05, 0) is 45.6 Å². The molecule has 2 aliphatic rings. The number of aromatic nitrogens is 2. The molecule has 1 aromatic heterocycles. The molecule has 0 bridgehead atoms. The first-order chi connectivity index (χ1) is 16.0. The standard InChI is InChI=1S/C22H34FN5O6/c1-14(29)25-16(5-3-4-8-24)19(31)27-9-6-22(7-10-27)13-21(2,33)17(12-34-22)28-11-15(23)18(30)26-20(28)32/h11,16-17,33H,3-10,12-13,24H2,1-2H3,(H,25,29)(H,26,30,32)/t16-,17-,21-/m0/s1. The molecule has 5 N–H and O–H groups in total. The Hall–Kier alpha value is -2.57. The molecule has 0 unspecified atom stereocenters. The van der Waals surface area contributed by atoms with E-state index in [0.717, 1.165) is 23.6 Å². The van der Waals surface area contributed by atoms with Crippen molar-refractivity contribution in [3.8, 4) is 0 Å². The maximum absolute atomic E-state index is 13.8. The number of amides is 2. The molecule has 0 aromatic carbocycles. The minimum atomic E-state index is -1.42. The summed E-state index contributed by atoms with van der Waals surface area (Å²) < 4.78 is 20.9. The lowest BCUT2D eigenvalue weighted by molar-refractivity contribution is -0.198. The molecule has 34 heavy (non-hydrogen) atoms. The monoisotopic (exact) mass is 483 g/mol. The second kappa shape index (κ2) is 10.4. The Labute approximate surface area is 196 Å². The maximum Gasteiger partial charge on any atom is 0.328 e. The van der Waals surface area contributed by atoms with Crippen LogP contribution < -0.4 is 22.3 Å². The van der Waals surface area contributed by atoms with E-state index in [1.54, 1.807) is 11.8 Å². The van der Waals surface area contributed by atoms with Gasteiger partial charge in [-0.2, -0.15) is 4.39 Å². The van der Waals surface area contributed by atoms with E-state index in [0.29, 0.717) is 38.9 Å². The van der Waals surface area contributed by atoms with E-state index in [9.17, 15) is 28.7 Å². The highest BCUT2D eigenvalue weighted by Crippen LogP contribution is 2.43. The molecular formula is C22H34FN5O6. The highest BCUT2D eigenvalue weighted by atomic mass is 19.1. The second-order valence-electron chi connectivity index (χ2n) is 9.55. The summed E-state index contributed by atoms with van der Waals surface area (Å²) in [5, 5.41) is 13.9. The van der Waals surface area contributed by atoms with Crippen LogP contribution in [0.3, 0.4) is 0 Å². The highest BCUT2D eigenvalue weighted by molar-refractivity contribution is 5.86. The molecule has 2 saturated heterocycles. The first kappa shape index (κ1) is 26.0. The number of piperidine rings is 1. The van der Waals surface area contributed by atoms with Crippen LogP contribution >= 0.6 is 0 Å². The number of ether oxygens (including phenoxy) is 1. The molecule has 3 heterocycles. The smallest absolute Gasteiger partial charge is 0.328 e. The van der Waals surface area contributed by atoms with Crippen molar-refractivity contribution in [2.24, 2.45) is 5.73 Å². The van der Waals surface area contributed by atoms with Gasteiger partial charge in [-0.3, -0.25) is 23.9 Å². The van der Waals surface area contributed by atoms with Crippen molar-refractivity contribution in [2.75, 3.05) is 26.2 Å². The van der Waals surface area contributed by atoms with Crippen molar-refractivity contribution in [3.63, 3.8) is 0 Å². The number of likely N-dealkylation sites (tertiary alicyclic amines) is 1. The molecule has 1 aromatic rings. The third kappa shape index (κ3) is 5.73. The molecule has 2 aliphatic heterocycles. The molecule has 12 heteroatoms. The van der Waals surface area contributed by atoms with E-state index in [4.69, 9.17) is 10.5 Å². The van der Waals surface area contributed by atoms with Gasteiger partial charge >= 0.3 is 5.69 Å². The van der Waals surface area contributed by atoms with Gasteiger partial charge in [0.1, 0.15) is 6.04 Å². The number of halogens is 1. The van der Waals surface area contributed by atoms with Crippen LogP contribution in [-0.4, -0.2) is 74.9 Å². The first-order valence-electron chi connectivity index (χ1n) is 11.6. The number of aromatic amines is 1. The lowest BCUT2D eigenvalue weighted by atomic mass is 9.75. The van der Waals surface area contributed by atoms with E-state index in [1.165, 1.54) is 6.92 Å². The van der Waals surface area contributed by atoms with Crippen LogP contribution in [-0.2, 0) is 14.3 Å². The highest BCUT2D eigenvalue weighted by Gasteiger charge is 2.50. The van der Waals surface area contributed by atoms with Gasteiger partial charge in [0.15, 0.2) is 0 Å². The Morgan fingerprint density at radius 1 is 1.35 bits per heavy atom. The predicted molar refractivity (Wildman–Crippen MR) is 121 cm³/mol. The third-order valence-corrected chi connectivity index (χ3v) is 6.81. The molecule has 0 saturated carbocycles. The zero-order valence-electron chi connectivity index (χ0n) is 19.6. The lowest BCUT2D eigenvalue weighted by Crippen LogP contribution is -2.60. The number of nitrogens with zero attached hydrogens (tertiary/aromatic N) is 2. The summed E-state index contributed by atoms with van der Waals surface area (Å²) in [5.74, 6) is -1.55. The molecule has 2 fully saturated rings. The Morgan fingerprint density at radius 3 is 2.62 bits per heavy atom. The van der Waals surface area contributed by atoms with Crippen LogP contribution in [0.25, 0.3) is 0 Å². The van der Waals surface area contributed by atoms with E-state index in [-0.39, 0.29) is 24.8 Å². The molecule has 0 aliphatic carbocycles. The molecule has 0 radical (unpaired) electrons. The van der Waals surface area contributed by atoms with Crippen molar-refractivity contribution < 1.29 is 23.8 Å². The molecule has 3 atom stereocenters. The molecule has 3 rings (SSSR count). The fraction of sp³-hybridized carbons (Fsp3) is 0.727. The number of hydrogen-bond acceptors (Lipinski definition) is 7. The molecular weight excluding hydrogens is 449 g/mol. The van der Waals surface area contributed by atoms with Gasteiger partial charge in [0.25, 0.3) is 5.56 Å². The lowest BCUT2D eigenvalue weighted by Gasteiger charge is -2.51. The van der Waals surface area contributed by atoms with E-state index < -0.39 is 40.4 Å².